The maximum absolute atomic E-state index is 5.94. The van der Waals surface area contributed by atoms with Crippen LogP contribution in [0.4, 0.5) is 0 Å². The molecule has 1 radical (unpaired) electrons. The van der Waals surface area contributed by atoms with E-state index in [2.05, 4.69) is 73.4 Å². The fourth-order valence-corrected chi connectivity index (χ4v) is 4.99. The van der Waals surface area contributed by atoms with Crippen molar-refractivity contribution in [2.45, 2.75) is 26.9 Å². The second-order valence-electron chi connectivity index (χ2n) is 9.93. The van der Waals surface area contributed by atoms with Gasteiger partial charge in [-0.3, -0.25) is 4.98 Å². The van der Waals surface area contributed by atoms with Crippen molar-refractivity contribution in [3.05, 3.63) is 127 Å². The third-order valence-electron chi connectivity index (χ3n) is 6.74. The molecule has 3 nitrogen and oxygen atoms in total. The summed E-state index contributed by atoms with van der Waals surface area (Å²) in [5.74, 6) is 1.50. The predicted octanol–water partition coefficient (Wildman–Crippen LogP) is 8.49. The first kappa shape index (κ1) is 26.7. The number of aromatic nitrogens is 2. The Morgan fingerprint density at radius 1 is 0.821 bits per heavy atom. The number of nitrogens with zero attached hydrogens (tertiary/aromatic N) is 2. The van der Waals surface area contributed by atoms with Gasteiger partial charge in [-0.25, -0.2) is 0 Å². The Kier molecular flexibility index (Phi) is 8.16. The Bertz CT molecular complexity index is 1730. The van der Waals surface area contributed by atoms with Crippen LogP contribution in [0.2, 0.25) is 0 Å². The van der Waals surface area contributed by atoms with Gasteiger partial charge in [0.1, 0.15) is 5.75 Å². The first-order valence-corrected chi connectivity index (χ1v) is 13.0. The molecule has 0 fully saturated rings. The quantitative estimate of drug-likeness (QED) is 0.176. The van der Waals surface area contributed by atoms with E-state index in [9.17, 15) is 0 Å². The monoisotopic (exact) mass is 685 g/mol. The van der Waals surface area contributed by atoms with E-state index in [0.29, 0.717) is 12.5 Å². The second kappa shape index (κ2) is 11.9. The van der Waals surface area contributed by atoms with Crippen molar-refractivity contribution < 1.29 is 24.8 Å². The third-order valence-corrected chi connectivity index (χ3v) is 6.74. The van der Waals surface area contributed by atoms with Crippen LogP contribution in [-0.4, -0.2) is 9.97 Å². The summed E-state index contributed by atoms with van der Waals surface area (Å²) in [6.07, 6.45) is 2.90. The van der Waals surface area contributed by atoms with Gasteiger partial charge in [-0.1, -0.05) is 55.8 Å². The zero-order valence-electron chi connectivity index (χ0n) is 21.9. The van der Waals surface area contributed by atoms with Crippen LogP contribution in [0.25, 0.3) is 44.2 Å². The van der Waals surface area contributed by atoms with Crippen molar-refractivity contribution in [3.63, 3.8) is 0 Å². The molecule has 0 aliphatic carbocycles. The molecule has 4 aromatic carbocycles. The van der Waals surface area contributed by atoms with E-state index in [0.717, 1.165) is 45.8 Å². The van der Waals surface area contributed by atoms with Crippen LogP contribution in [-0.2, 0) is 33.1 Å². The van der Waals surface area contributed by atoms with E-state index in [1.54, 1.807) is 0 Å². The SMILES string of the molecule is CC(C)Cc1cccc2nc3c(cc12)OCc1ccc[c-]c1-3.[Ir].[c-]1ccccc1-c1nccc2ccccc12. The zero-order chi connectivity index (χ0) is 25.9. The fourth-order valence-electron chi connectivity index (χ4n) is 4.99. The zero-order valence-corrected chi connectivity index (χ0v) is 24.3. The van der Waals surface area contributed by atoms with E-state index in [-0.39, 0.29) is 20.1 Å². The van der Waals surface area contributed by atoms with E-state index < -0.39 is 0 Å². The summed E-state index contributed by atoms with van der Waals surface area (Å²) in [6.45, 7) is 5.08. The van der Waals surface area contributed by atoms with Gasteiger partial charge in [0.2, 0.25) is 0 Å². The number of hydrogen-bond donors (Lipinski definition) is 0. The molecule has 4 heteroatoms. The number of hydrogen-bond acceptors (Lipinski definition) is 3. The number of rotatable bonds is 3. The molecule has 0 spiro atoms. The molecular weight excluding hydrogens is 657 g/mol. The molecule has 0 amide bonds. The van der Waals surface area contributed by atoms with Crippen LogP contribution in [0.3, 0.4) is 0 Å². The molecule has 39 heavy (non-hydrogen) atoms. The number of fused-ring (bicyclic) bond motifs is 5. The molecule has 0 saturated carbocycles. The second-order valence-corrected chi connectivity index (χ2v) is 9.93. The Balaban J connectivity index is 0.000000161. The van der Waals surface area contributed by atoms with Gasteiger partial charge in [0.05, 0.1) is 12.1 Å². The average Bonchev–Trinajstić information content (AvgIpc) is 2.97. The third kappa shape index (κ3) is 5.63. The summed E-state index contributed by atoms with van der Waals surface area (Å²) in [5, 5.41) is 3.59. The van der Waals surface area contributed by atoms with E-state index in [1.807, 2.05) is 60.8 Å². The molecule has 195 valence electrons. The van der Waals surface area contributed by atoms with Crippen molar-refractivity contribution in [2.75, 3.05) is 0 Å². The topological polar surface area (TPSA) is 35.0 Å². The maximum atomic E-state index is 5.94. The van der Waals surface area contributed by atoms with Gasteiger partial charge in [-0.15, -0.1) is 65.7 Å². The summed E-state index contributed by atoms with van der Waals surface area (Å²) < 4.78 is 5.94. The van der Waals surface area contributed by atoms with Crippen molar-refractivity contribution in [3.8, 4) is 28.3 Å². The molecule has 2 aromatic heterocycles. The Morgan fingerprint density at radius 3 is 2.51 bits per heavy atom. The Hall–Kier alpha value is -3.85. The first-order valence-electron chi connectivity index (χ1n) is 13.0. The van der Waals surface area contributed by atoms with Gasteiger partial charge in [0.15, 0.2) is 0 Å². The molecular formula is C35H28IrN2O-2. The molecule has 7 rings (SSSR count). The van der Waals surface area contributed by atoms with E-state index in [4.69, 9.17) is 9.72 Å². The van der Waals surface area contributed by atoms with Gasteiger partial charge < -0.3 is 9.72 Å². The van der Waals surface area contributed by atoms with E-state index in [1.165, 1.54) is 21.7 Å². The maximum Gasteiger partial charge on any atom is 0.104 e. The summed E-state index contributed by atoms with van der Waals surface area (Å²) in [4.78, 5) is 9.31. The minimum atomic E-state index is 0. The smallest absolute Gasteiger partial charge is 0.104 e. The summed E-state index contributed by atoms with van der Waals surface area (Å²) in [7, 11) is 0. The van der Waals surface area contributed by atoms with Gasteiger partial charge in [-0.05, 0) is 52.6 Å². The van der Waals surface area contributed by atoms with E-state index >= 15 is 0 Å². The largest absolute Gasteiger partial charge is 0.506 e. The standard InChI is InChI=1S/C20H18NO.C15H10N.Ir/c1-13(2)10-14-7-5-9-18-17(14)11-19-20(21-18)16-8-4-3-6-15(16)12-22-19;1-2-7-13(8-3-1)15-14-9-5-4-6-12(14)10-11-16-15;/h3-7,9,11,13H,10,12H2,1-2H3;1-7,9-11H;/q2*-1;. The van der Waals surface area contributed by atoms with Crippen molar-refractivity contribution in [1.82, 2.24) is 9.97 Å². The van der Waals surface area contributed by atoms with Crippen LogP contribution in [0.5, 0.6) is 5.75 Å². The molecule has 0 atom stereocenters. The first-order chi connectivity index (χ1) is 18.7. The van der Waals surface area contributed by atoms with Crippen LogP contribution in [0, 0.1) is 18.1 Å². The normalized spacial score (nSPS) is 11.6. The molecule has 1 aliphatic rings. The molecule has 0 unspecified atom stereocenters. The van der Waals surface area contributed by atoms with Gasteiger partial charge in [0.25, 0.3) is 0 Å². The molecule has 0 N–H and O–H groups in total. The van der Waals surface area contributed by atoms with Crippen molar-refractivity contribution in [1.29, 1.82) is 0 Å². The predicted molar refractivity (Wildman–Crippen MR) is 155 cm³/mol. The molecule has 6 aromatic rings. The van der Waals surface area contributed by atoms with Crippen LogP contribution in [0.15, 0.2) is 103 Å². The Labute approximate surface area is 243 Å². The fraction of sp³-hybridized carbons (Fsp3) is 0.143. The van der Waals surface area contributed by atoms with Crippen molar-refractivity contribution in [2.24, 2.45) is 5.92 Å². The Morgan fingerprint density at radius 2 is 1.67 bits per heavy atom. The summed E-state index contributed by atoms with van der Waals surface area (Å²) in [6, 6.07) is 39.3. The van der Waals surface area contributed by atoms with Gasteiger partial charge in [-0.2, -0.15) is 0 Å². The summed E-state index contributed by atoms with van der Waals surface area (Å²) >= 11 is 0. The summed E-state index contributed by atoms with van der Waals surface area (Å²) in [5.41, 5.74) is 7.55. The number of benzene rings is 4. The van der Waals surface area contributed by atoms with Crippen LogP contribution >= 0.6 is 0 Å². The molecule has 0 bridgehead atoms. The number of ether oxygens (including phenoxy) is 1. The van der Waals surface area contributed by atoms with Gasteiger partial charge >= 0.3 is 0 Å². The number of pyridine rings is 2. The average molecular weight is 685 g/mol. The van der Waals surface area contributed by atoms with Crippen molar-refractivity contribution >= 4 is 21.7 Å². The minimum absolute atomic E-state index is 0. The molecule has 0 saturated heterocycles. The molecule has 3 heterocycles. The molecule has 1 aliphatic heterocycles. The van der Waals surface area contributed by atoms with Crippen LogP contribution < -0.4 is 4.74 Å². The minimum Gasteiger partial charge on any atom is -0.506 e. The van der Waals surface area contributed by atoms with Gasteiger partial charge in [0, 0.05) is 37.4 Å². The van der Waals surface area contributed by atoms with Crippen LogP contribution in [0.1, 0.15) is 25.0 Å².